The Morgan fingerprint density at radius 2 is 1.69 bits per heavy atom. The number of carbonyl (C=O) groups excluding carboxylic acids is 1. The van der Waals surface area contributed by atoms with Gasteiger partial charge in [0.15, 0.2) is 0 Å². The van der Waals surface area contributed by atoms with E-state index in [9.17, 15) is 19.1 Å². The predicted molar refractivity (Wildman–Crippen MR) is 153 cm³/mol. The first-order chi connectivity index (χ1) is 18.4. The second-order valence-electron chi connectivity index (χ2n) is 10.9. The summed E-state index contributed by atoms with van der Waals surface area (Å²) in [7, 11) is 1.69. The molecule has 2 aromatic carbocycles. The van der Waals surface area contributed by atoms with Crippen LogP contribution in [0, 0.1) is 19.7 Å². The van der Waals surface area contributed by atoms with Crippen molar-refractivity contribution in [2.24, 2.45) is 7.05 Å². The molecule has 1 saturated heterocycles. The molecule has 1 aliphatic rings. The lowest BCUT2D eigenvalue weighted by Gasteiger charge is -2.26. The van der Waals surface area contributed by atoms with Crippen LogP contribution in [0.5, 0.6) is 11.5 Å². The van der Waals surface area contributed by atoms with Crippen LogP contribution in [-0.4, -0.2) is 33.6 Å². The molecule has 0 saturated carbocycles. The monoisotopic (exact) mass is 548 g/mol. The summed E-state index contributed by atoms with van der Waals surface area (Å²) in [5.41, 5.74) is 2.04. The van der Waals surface area contributed by atoms with Crippen LogP contribution >= 0.6 is 11.3 Å². The minimum atomic E-state index is -1.13. The molecule has 6 nitrogen and oxygen atoms in total. The van der Waals surface area contributed by atoms with Gasteiger partial charge in [0.2, 0.25) is 0 Å². The molecule has 5 rings (SSSR count). The fourth-order valence-electron chi connectivity index (χ4n) is 5.18. The van der Waals surface area contributed by atoms with Crippen molar-refractivity contribution < 1.29 is 19.0 Å². The van der Waals surface area contributed by atoms with E-state index in [0.29, 0.717) is 54.3 Å². The fourth-order valence-corrected chi connectivity index (χ4v) is 6.31. The zero-order chi connectivity index (χ0) is 28.1. The number of aromatic nitrogens is 1. The van der Waals surface area contributed by atoms with Crippen molar-refractivity contribution in [1.29, 1.82) is 0 Å². The van der Waals surface area contributed by atoms with Gasteiger partial charge in [-0.25, -0.2) is 4.39 Å². The highest BCUT2D eigenvalue weighted by molar-refractivity contribution is 7.20. The van der Waals surface area contributed by atoms with E-state index in [0.717, 1.165) is 32.4 Å². The summed E-state index contributed by atoms with van der Waals surface area (Å²) in [6.45, 7) is 8.43. The molecule has 0 atom stereocenters. The number of thiophene rings is 1. The van der Waals surface area contributed by atoms with Crippen LogP contribution in [0.1, 0.15) is 59.5 Å². The van der Waals surface area contributed by atoms with Crippen LogP contribution < -0.4 is 10.3 Å². The number of amides is 1. The summed E-state index contributed by atoms with van der Waals surface area (Å²) in [6, 6.07) is 10.1. The van der Waals surface area contributed by atoms with Crippen molar-refractivity contribution in [3.05, 3.63) is 80.3 Å². The second-order valence-corrected chi connectivity index (χ2v) is 12.0. The minimum Gasteiger partial charge on any atom is -0.456 e. The molecule has 1 amide bonds. The average molecular weight is 549 g/mol. The van der Waals surface area contributed by atoms with Gasteiger partial charge in [0.05, 0.1) is 10.5 Å². The number of pyridine rings is 1. The Bertz CT molecular complexity index is 1620. The smallest absolute Gasteiger partial charge is 0.268 e. The third-order valence-electron chi connectivity index (χ3n) is 7.33. The quantitative estimate of drug-likeness (QED) is 0.302. The number of likely N-dealkylation sites (tertiary alicyclic amines) is 1. The molecule has 204 valence electrons. The number of rotatable bonds is 5. The highest BCUT2D eigenvalue weighted by Crippen LogP contribution is 2.42. The maximum atomic E-state index is 14.0. The molecule has 0 unspecified atom stereocenters. The first-order valence-corrected chi connectivity index (χ1v) is 14.0. The zero-order valence-corrected chi connectivity index (χ0v) is 23.7. The van der Waals surface area contributed by atoms with E-state index in [2.05, 4.69) is 0 Å². The standard InChI is InChI=1S/C31H33FN2O4S/c1-18-13-21(32)14-19(2)27(18)38-25-10-9-20(31(3,4)37)15-22(25)24-17-33(5)30(36)28-23(24)16-26(39-28)29(35)34-11-7-6-8-12-34/h9-10,13-17,37H,6-8,11-12H2,1-5H3. The molecule has 4 aromatic rings. The second kappa shape index (κ2) is 10.2. The lowest BCUT2D eigenvalue weighted by molar-refractivity contribution is 0.0728. The molecule has 0 spiro atoms. The van der Waals surface area contributed by atoms with Crippen LogP contribution in [-0.2, 0) is 12.6 Å². The molecule has 2 aromatic heterocycles. The lowest BCUT2D eigenvalue weighted by Crippen LogP contribution is -2.35. The maximum Gasteiger partial charge on any atom is 0.268 e. The number of fused-ring (bicyclic) bond motifs is 1. The molecular formula is C31H33FN2O4S. The summed E-state index contributed by atoms with van der Waals surface area (Å²) in [5.74, 6) is 0.652. The van der Waals surface area contributed by atoms with Crippen molar-refractivity contribution in [3.8, 4) is 22.6 Å². The number of benzene rings is 2. The highest BCUT2D eigenvalue weighted by Gasteiger charge is 2.25. The molecule has 1 aliphatic heterocycles. The Hall–Kier alpha value is -3.49. The number of aliphatic hydroxyl groups is 1. The molecule has 1 fully saturated rings. The van der Waals surface area contributed by atoms with Gasteiger partial charge >= 0.3 is 0 Å². The van der Waals surface area contributed by atoms with E-state index >= 15 is 0 Å². The maximum absolute atomic E-state index is 14.0. The average Bonchev–Trinajstić information content (AvgIpc) is 3.34. The van der Waals surface area contributed by atoms with Crippen molar-refractivity contribution in [3.63, 3.8) is 0 Å². The summed E-state index contributed by atoms with van der Waals surface area (Å²) in [4.78, 5) is 28.9. The number of carbonyl (C=O) groups is 1. The van der Waals surface area contributed by atoms with E-state index in [1.807, 2.05) is 17.0 Å². The summed E-state index contributed by atoms with van der Waals surface area (Å²) in [6.07, 6.45) is 4.83. The number of halogens is 1. The van der Waals surface area contributed by atoms with Gasteiger partial charge in [-0.1, -0.05) is 6.07 Å². The number of ether oxygens (including phenoxy) is 1. The van der Waals surface area contributed by atoms with Gasteiger partial charge in [-0.15, -0.1) is 11.3 Å². The molecule has 1 N–H and O–H groups in total. The van der Waals surface area contributed by atoms with Gasteiger partial charge in [-0.2, -0.15) is 0 Å². The van der Waals surface area contributed by atoms with Crippen molar-refractivity contribution in [2.45, 2.75) is 52.6 Å². The molecular weight excluding hydrogens is 515 g/mol. The van der Waals surface area contributed by atoms with Crippen LogP contribution in [0.15, 0.2) is 47.4 Å². The van der Waals surface area contributed by atoms with Crippen molar-refractivity contribution in [1.82, 2.24) is 9.47 Å². The van der Waals surface area contributed by atoms with Gasteiger partial charge in [0.25, 0.3) is 11.5 Å². The molecule has 8 heteroatoms. The number of hydrogen-bond donors (Lipinski definition) is 1. The summed E-state index contributed by atoms with van der Waals surface area (Å²) < 4.78 is 22.4. The first-order valence-electron chi connectivity index (χ1n) is 13.2. The van der Waals surface area contributed by atoms with Crippen molar-refractivity contribution >= 4 is 27.3 Å². The van der Waals surface area contributed by atoms with Crippen LogP contribution in [0.3, 0.4) is 0 Å². The lowest BCUT2D eigenvalue weighted by atomic mass is 9.93. The van der Waals surface area contributed by atoms with Gasteiger partial charge in [-0.3, -0.25) is 9.59 Å². The number of piperidine rings is 1. The van der Waals surface area contributed by atoms with Gasteiger partial charge < -0.3 is 19.3 Å². The number of hydrogen-bond acceptors (Lipinski definition) is 5. The Morgan fingerprint density at radius 3 is 2.33 bits per heavy atom. The first kappa shape index (κ1) is 27.1. The van der Waals surface area contributed by atoms with E-state index < -0.39 is 5.60 Å². The van der Waals surface area contributed by atoms with Crippen molar-refractivity contribution in [2.75, 3.05) is 13.1 Å². The largest absolute Gasteiger partial charge is 0.456 e. The fraction of sp³-hybridized carbons (Fsp3) is 0.355. The van der Waals surface area contributed by atoms with E-state index in [1.165, 1.54) is 28.0 Å². The van der Waals surface area contributed by atoms with E-state index in [4.69, 9.17) is 4.74 Å². The minimum absolute atomic E-state index is 0.0526. The summed E-state index contributed by atoms with van der Waals surface area (Å²) in [5, 5.41) is 11.5. The van der Waals surface area contributed by atoms with Crippen LogP contribution in [0.4, 0.5) is 4.39 Å². The topological polar surface area (TPSA) is 71.8 Å². The van der Waals surface area contributed by atoms with Crippen LogP contribution in [0.25, 0.3) is 21.2 Å². The molecule has 0 bridgehead atoms. The SMILES string of the molecule is Cc1cc(F)cc(C)c1Oc1ccc(C(C)(C)O)cc1-c1cn(C)c(=O)c2sc(C(=O)N3CCCCC3)cc12. The van der Waals surface area contributed by atoms with Gasteiger partial charge in [0, 0.05) is 42.8 Å². The highest BCUT2D eigenvalue weighted by atomic mass is 32.1. The predicted octanol–water partition coefficient (Wildman–Crippen LogP) is 6.67. The molecule has 39 heavy (non-hydrogen) atoms. The van der Waals surface area contributed by atoms with E-state index in [-0.39, 0.29) is 17.3 Å². The summed E-state index contributed by atoms with van der Waals surface area (Å²) >= 11 is 1.22. The normalized spacial score (nSPS) is 14.2. The molecule has 0 aliphatic carbocycles. The van der Waals surface area contributed by atoms with Gasteiger partial charge in [-0.05, 0) is 94.0 Å². The Morgan fingerprint density at radius 1 is 1.03 bits per heavy atom. The zero-order valence-electron chi connectivity index (χ0n) is 22.9. The third-order valence-corrected chi connectivity index (χ3v) is 8.44. The Balaban J connectivity index is 1.71. The molecule has 0 radical (unpaired) electrons. The Kier molecular flexibility index (Phi) is 7.11. The van der Waals surface area contributed by atoms with Gasteiger partial charge in [0.1, 0.15) is 22.0 Å². The molecule has 3 heterocycles. The number of aryl methyl sites for hydroxylation is 3. The number of nitrogens with zero attached hydrogens (tertiary/aromatic N) is 2. The Labute approximate surface area is 231 Å². The van der Waals surface area contributed by atoms with Crippen LogP contribution in [0.2, 0.25) is 0 Å². The third kappa shape index (κ3) is 5.23. The van der Waals surface area contributed by atoms with E-state index in [1.54, 1.807) is 53.1 Å².